The van der Waals surface area contributed by atoms with Crippen LogP contribution in [0.5, 0.6) is 0 Å². The van der Waals surface area contributed by atoms with Crippen molar-refractivity contribution < 1.29 is 24.2 Å². The number of carbonyl (C=O) groups excluding carboxylic acids is 2. The Bertz CT molecular complexity index is 477. The second-order valence-electron chi connectivity index (χ2n) is 7.61. The average molecular weight is 395 g/mol. The van der Waals surface area contributed by atoms with Crippen molar-refractivity contribution in [2.75, 3.05) is 13.7 Å². The van der Waals surface area contributed by atoms with Gasteiger partial charge in [-0.2, -0.15) is 0 Å². The van der Waals surface area contributed by atoms with Gasteiger partial charge in [0.25, 0.3) is 0 Å². The number of esters is 2. The Balaban J connectivity index is 1.96. The molecule has 0 amide bonds. The van der Waals surface area contributed by atoms with E-state index in [1.807, 2.05) is 24.3 Å². The second-order valence-corrected chi connectivity index (χ2v) is 7.61. The monoisotopic (exact) mass is 394 g/mol. The fourth-order valence-corrected chi connectivity index (χ4v) is 3.51. The first-order valence-electron chi connectivity index (χ1n) is 10.9. The van der Waals surface area contributed by atoms with Crippen LogP contribution in [0.2, 0.25) is 0 Å². The quantitative estimate of drug-likeness (QED) is 0.258. The fraction of sp³-hybridized carbons (Fsp3) is 0.739. The number of carbonyl (C=O) groups is 2. The van der Waals surface area contributed by atoms with Crippen LogP contribution in [-0.4, -0.2) is 36.9 Å². The zero-order chi connectivity index (χ0) is 20.5. The van der Waals surface area contributed by atoms with Gasteiger partial charge in [-0.3, -0.25) is 9.59 Å². The van der Waals surface area contributed by atoms with Gasteiger partial charge in [-0.05, 0) is 31.6 Å². The number of allylic oxidation sites excluding steroid dienone is 2. The minimum atomic E-state index is -0.379. The number of unbranched alkanes of at least 4 members (excludes halogenated alkanes) is 1. The maximum atomic E-state index is 11.5. The van der Waals surface area contributed by atoms with Crippen molar-refractivity contribution in [1.82, 2.24) is 0 Å². The topological polar surface area (TPSA) is 72.8 Å². The van der Waals surface area contributed by atoms with Crippen molar-refractivity contribution in [3.63, 3.8) is 0 Å². The lowest BCUT2D eigenvalue weighted by Gasteiger charge is -2.21. The summed E-state index contributed by atoms with van der Waals surface area (Å²) in [6.45, 7) is 0.351. The van der Waals surface area contributed by atoms with E-state index in [2.05, 4.69) is 4.74 Å². The van der Waals surface area contributed by atoms with Gasteiger partial charge in [-0.1, -0.05) is 69.2 Å². The van der Waals surface area contributed by atoms with Gasteiger partial charge < -0.3 is 14.6 Å². The van der Waals surface area contributed by atoms with Crippen LogP contribution in [-0.2, 0) is 19.1 Å². The summed E-state index contributed by atoms with van der Waals surface area (Å²) in [6, 6.07) is 0. The Morgan fingerprint density at radius 3 is 2.46 bits per heavy atom. The maximum absolute atomic E-state index is 11.5. The molecule has 1 aliphatic carbocycles. The first-order chi connectivity index (χ1) is 13.6. The fourth-order valence-electron chi connectivity index (χ4n) is 3.51. The molecule has 1 rings (SSSR count). The number of methoxy groups -OCH3 is 1. The molecule has 0 aromatic heterocycles. The maximum Gasteiger partial charge on any atom is 0.305 e. The summed E-state index contributed by atoms with van der Waals surface area (Å²) in [5.74, 6) is 0.392. The van der Waals surface area contributed by atoms with E-state index in [1.165, 1.54) is 45.6 Å². The van der Waals surface area contributed by atoms with Crippen LogP contribution in [0, 0.1) is 5.92 Å². The van der Waals surface area contributed by atoms with Gasteiger partial charge in [-0.25, -0.2) is 0 Å². The van der Waals surface area contributed by atoms with Crippen LogP contribution in [0.3, 0.4) is 0 Å². The molecule has 160 valence electrons. The first kappa shape index (κ1) is 24.4. The molecule has 5 nitrogen and oxygen atoms in total. The highest BCUT2D eigenvalue weighted by Crippen LogP contribution is 2.27. The molecule has 0 aromatic carbocycles. The van der Waals surface area contributed by atoms with Crippen molar-refractivity contribution in [3.8, 4) is 0 Å². The molecule has 0 radical (unpaired) electrons. The standard InChI is InChI=1S/C23H38O5/c1-27-22(25)17-8-9-18-23(26)28-19-10-3-2-7-15-21(24)16-11-14-20-12-5-4-6-13-20/h2-3,7,15,20-21,24H,4-6,8-14,16-19H2,1H3/b3-2-,15-7+/t21-/m1/s1. The van der Waals surface area contributed by atoms with Crippen molar-refractivity contribution in [2.24, 2.45) is 5.92 Å². The lowest BCUT2D eigenvalue weighted by atomic mass is 9.85. The minimum absolute atomic E-state index is 0.234. The zero-order valence-electron chi connectivity index (χ0n) is 17.4. The van der Waals surface area contributed by atoms with E-state index in [9.17, 15) is 14.7 Å². The number of aliphatic hydroxyl groups excluding tert-OH is 1. The largest absolute Gasteiger partial charge is 0.469 e. The summed E-state index contributed by atoms with van der Waals surface area (Å²) in [7, 11) is 1.36. The number of hydrogen-bond acceptors (Lipinski definition) is 5. The van der Waals surface area contributed by atoms with Crippen LogP contribution >= 0.6 is 0 Å². The minimum Gasteiger partial charge on any atom is -0.469 e. The van der Waals surface area contributed by atoms with Crippen LogP contribution in [0.15, 0.2) is 24.3 Å². The van der Waals surface area contributed by atoms with Gasteiger partial charge in [0.05, 0.1) is 19.8 Å². The molecule has 0 spiro atoms. The van der Waals surface area contributed by atoms with E-state index in [-0.39, 0.29) is 18.0 Å². The van der Waals surface area contributed by atoms with E-state index < -0.39 is 0 Å². The van der Waals surface area contributed by atoms with E-state index in [1.54, 1.807) is 0 Å². The predicted molar refractivity (Wildman–Crippen MR) is 111 cm³/mol. The van der Waals surface area contributed by atoms with Gasteiger partial charge in [0, 0.05) is 12.8 Å². The highest BCUT2D eigenvalue weighted by Gasteiger charge is 2.13. The van der Waals surface area contributed by atoms with Gasteiger partial charge in [0.15, 0.2) is 0 Å². The smallest absolute Gasteiger partial charge is 0.305 e. The molecule has 1 saturated carbocycles. The third-order valence-corrected chi connectivity index (χ3v) is 5.20. The third kappa shape index (κ3) is 13.5. The SMILES string of the molecule is COC(=O)CCCCC(=O)OCC/C=C\C=C\[C@@H](O)CCCC1CCCCC1. The lowest BCUT2D eigenvalue weighted by Crippen LogP contribution is -2.08. The molecule has 1 atom stereocenters. The first-order valence-corrected chi connectivity index (χ1v) is 10.9. The molecular weight excluding hydrogens is 356 g/mol. The van der Waals surface area contributed by atoms with Crippen LogP contribution in [0.25, 0.3) is 0 Å². The van der Waals surface area contributed by atoms with Crippen molar-refractivity contribution in [2.45, 2.75) is 89.6 Å². The Labute approximate surface area is 170 Å². The summed E-state index contributed by atoms with van der Waals surface area (Å²) < 4.78 is 9.68. The number of ether oxygens (including phenoxy) is 2. The number of aliphatic hydroxyl groups is 1. The Morgan fingerprint density at radius 2 is 1.75 bits per heavy atom. The van der Waals surface area contributed by atoms with Crippen LogP contribution in [0.1, 0.15) is 83.5 Å². The highest BCUT2D eigenvalue weighted by atomic mass is 16.5. The summed E-state index contributed by atoms with van der Waals surface area (Å²) >= 11 is 0. The number of hydrogen-bond donors (Lipinski definition) is 1. The second kappa shape index (κ2) is 16.3. The zero-order valence-corrected chi connectivity index (χ0v) is 17.4. The van der Waals surface area contributed by atoms with Gasteiger partial charge >= 0.3 is 11.9 Å². The number of rotatable bonds is 14. The molecule has 0 saturated heterocycles. The normalized spacial score (nSPS) is 16.5. The Hall–Kier alpha value is -1.62. The molecular formula is C23H38O5. The molecule has 1 N–H and O–H groups in total. The Kier molecular flexibility index (Phi) is 14.3. The molecule has 5 heteroatoms. The van der Waals surface area contributed by atoms with Gasteiger partial charge in [0.2, 0.25) is 0 Å². The van der Waals surface area contributed by atoms with Crippen molar-refractivity contribution in [3.05, 3.63) is 24.3 Å². The van der Waals surface area contributed by atoms with Crippen molar-refractivity contribution in [1.29, 1.82) is 0 Å². The summed E-state index contributed by atoms with van der Waals surface area (Å²) in [6.07, 6.45) is 19.7. The predicted octanol–water partition coefficient (Wildman–Crippen LogP) is 4.88. The molecule has 0 aromatic rings. The third-order valence-electron chi connectivity index (χ3n) is 5.20. The van der Waals surface area contributed by atoms with Crippen LogP contribution < -0.4 is 0 Å². The van der Waals surface area contributed by atoms with Gasteiger partial charge in [0.1, 0.15) is 0 Å². The average Bonchev–Trinajstić information content (AvgIpc) is 2.71. The summed E-state index contributed by atoms with van der Waals surface area (Å²) in [4.78, 5) is 22.5. The molecule has 1 fully saturated rings. The summed E-state index contributed by atoms with van der Waals surface area (Å²) in [5.41, 5.74) is 0. The summed E-state index contributed by atoms with van der Waals surface area (Å²) in [5, 5.41) is 9.99. The van der Waals surface area contributed by atoms with Gasteiger partial charge in [-0.15, -0.1) is 0 Å². The highest BCUT2D eigenvalue weighted by molar-refractivity contribution is 5.70. The van der Waals surface area contributed by atoms with E-state index >= 15 is 0 Å². The lowest BCUT2D eigenvalue weighted by molar-refractivity contribution is -0.144. The van der Waals surface area contributed by atoms with E-state index in [4.69, 9.17) is 4.74 Å². The molecule has 0 bridgehead atoms. The van der Waals surface area contributed by atoms with Crippen LogP contribution in [0.4, 0.5) is 0 Å². The van der Waals surface area contributed by atoms with Crippen molar-refractivity contribution >= 4 is 11.9 Å². The molecule has 28 heavy (non-hydrogen) atoms. The molecule has 0 unspecified atom stereocenters. The Morgan fingerprint density at radius 1 is 1.04 bits per heavy atom. The van der Waals surface area contributed by atoms with E-state index in [0.717, 1.165) is 18.8 Å². The molecule has 0 aliphatic heterocycles. The molecule has 0 heterocycles. The van der Waals surface area contributed by atoms with E-state index in [0.29, 0.717) is 38.7 Å². The molecule has 1 aliphatic rings.